The predicted molar refractivity (Wildman–Crippen MR) is 343 cm³/mol. The van der Waals surface area contributed by atoms with Crippen LogP contribution >= 0.6 is 0 Å². The number of pyridine rings is 2. The fourth-order valence-electron chi connectivity index (χ4n) is 14.1. The molecule has 2 fully saturated rings. The number of ketones is 5. The molecule has 5 aromatic rings. The number of hydrogen-bond donors (Lipinski definition) is 4. The Morgan fingerprint density at radius 3 is 2.25 bits per heavy atom. The van der Waals surface area contributed by atoms with Gasteiger partial charge in [0.1, 0.15) is 30.6 Å². The van der Waals surface area contributed by atoms with Gasteiger partial charge in [-0.3, -0.25) is 47.9 Å². The number of halogens is 1. The van der Waals surface area contributed by atoms with E-state index in [0.717, 1.165) is 24.0 Å². The van der Waals surface area contributed by atoms with Crippen molar-refractivity contribution in [3.63, 3.8) is 0 Å². The van der Waals surface area contributed by atoms with Crippen molar-refractivity contribution in [3.05, 3.63) is 133 Å². The van der Waals surface area contributed by atoms with E-state index < -0.39 is 89.3 Å². The highest BCUT2D eigenvalue weighted by Crippen LogP contribution is 2.48. The molecule has 4 amide bonds. The lowest BCUT2D eigenvalue weighted by atomic mass is 9.77. The van der Waals surface area contributed by atoms with E-state index in [2.05, 4.69) is 16.0 Å². The Kier molecular flexibility index (Phi) is 22.6. The van der Waals surface area contributed by atoms with E-state index in [0.29, 0.717) is 89.6 Å². The standard InChI is InChI=1S/C72H83FN6O16/c1-5-72(91)55-34-59-64-53(38-79(59)69(88)54(55)40-95-71(72)90)63-58(22-21-51-42(3)56(73)35-57(77-64)62(51)63)78(4)70(89)66(45-14-10-7-11-15-45)94-26-24-48(80)36-76-68(87)47(31-43-12-8-6-9-13-43)33-50(82)37-75-61(84)23-20-49(81)39-93-29-28-92-27-25-74-67(86)46-18-16-44(17-19-46)32-52-60(83)30-41(2)65(52)85/h6-15,34-35,41,44,46-47,52,58,66,91H,5,16-33,36-40H2,1-4H3,(H,74,86)(H,75,84)(H,76,87)/t41?,44?,46?,47-,52?,58+,66?,72+/m1/s1. The van der Waals surface area contributed by atoms with Crippen molar-refractivity contribution in [2.24, 2.45) is 29.6 Å². The number of hydrogen-bond acceptors (Lipinski definition) is 17. The van der Waals surface area contributed by atoms with E-state index in [-0.39, 0.29) is 137 Å². The zero-order chi connectivity index (χ0) is 67.7. The van der Waals surface area contributed by atoms with Crippen LogP contribution < -0.4 is 21.5 Å². The summed E-state index contributed by atoms with van der Waals surface area (Å²) in [6.07, 6.45) is 2.77. The minimum absolute atomic E-state index is 0.0414. The van der Waals surface area contributed by atoms with Crippen molar-refractivity contribution >= 4 is 69.4 Å². The van der Waals surface area contributed by atoms with E-state index in [1.54, 1.807) is 86.5 Å². The van der Waals surface area contributed by atoms with E-state index in [1.165, 1.54) is 10.6 Å². The number of rotatable bonds is 31. The van der Waals surface area contributed by atoms with Crippen LogP contribution in [0, 0.1) is 42.3 Å². The first-order chi connectivity index (χ1) is 45.6. The Morgan fingerprint density at radius 1 is 0.821 bits per heavy atom. The molecule has 3 aliphatic carbocycles. The maximum Gasteiger partial charge on any atom is 0.343 e. The number of Topliss-reactive ketones (excluding diaryl/α,β-unsaturated/α-hetero) is 5. The number of aromatic nitrogens is 2. The molecule has 10 rings (SSSR count). The van der Waals surface area contributed by atoms with E-state index >= 15 is 9.18 Å². The lowest BCUT2D eigenvalue weighted by molar-refractivity contribution is -0.172. The molecule has 0 spiro atoms. The second-order valence-electron chi connectivity index (χ2n) is 25.9. The quantitative estimate of drug-likeness (QED) is 0.0213. The zero-order valence-corrected chi connectivity index (χ0v) is 54.2. The fourth-order valence-corrected chi connectivity index (χ4v) is 14.1. The van der Waals surface area contributed by atoms with Gasteiger partial charge in [-0.25, -0.2) is 14.2 Å². The molecule has 3 unspecified atom stereocenters. The number of aryl methyl sites for hydroxylation is 1. The number of aliphatic hydroxyl groups is 1. The van der Waals surface area contributed by atoms with Gasteiger partial charge in [-0.05, 0) is 105 Å². The molecule has 0 radical (unpaired) electrons. The Balaban J connectivity index is 0.671. The van der Waals surface area contributed by atoms with Gasteiger partial charge in [-0.1, -0.05) is 74.5 Å². The molecule has 22 nitrogen and oxygen atoms in total. The van der Waals surface area contributed by atoms with Crippen LogP contribution in [0.2, 0.25) is 0 Å². The van der Waals surface area contributed by atoms with Crippen LogP contribution in [-0.4, -0.2) is 138 Å². The maximum atomic E-state index is 15.7. The van der Waals surface area contributed by atoms with Gasteiger partial charge in [0, 0.05) is 86.0 Å². The van der Waals surface area contributed by atoms with Gasteiger partial charge in [-0.2, -0.15) is 0 Å². The van der Waals surface area contributed by atoms with Gasteiger partial charge in [0.2, 0.25) is 17.7 Å². The number of nitrogens with one attached hydrogen (secondary N) is 3. The molecule has 2 aliphatic heterocycles. The van der Waals surface area contributed by atoms with Gasteiger partial charge >= 0.3 is 5.97 Å². The molecular formula is C72H83FN6O16. The Hall–Kier alpha value is -8.51. The second-order valence-corrected chi connectivity index (χ2v) is 25.9. The first-order valence-corrected chi connectivity index (χ1v) is 33.0. The van der Waals surface area contributed by atoms with Crippen molar-refractivity contribution < 1.29 is 76.4 Å². The third kappa shape index (κ3) is 15.8. The summed E-state index contributed by atoms with van der Waals surface area (Å²) in [5.41, 5.74) is 2.48. The van der Waals surface area contributed by atoms with E-state index in [9.17, 15) is 53.1 Å². The molecule has 0 saturated heterocycles. The maximum absolute atomic E-state index is 15.7. The summed E-state index contributed by atoms with van der Waals surface area (Å²) < 4.78 is 39.8. The van der Waals surface area contributed by atoms with Gasteiger partial charge in [0.15, 0.2) is 29.1 Å². The third-order valence-corrected chi connectivity index (χ3v) is 19.6. The number of ether oxygens (including phenoxy) is 4. The first kappa shape index (κ1) is 69.3. The SMILES string of the molecule is CC[C@@]1(O)C(=O)OCc2c1cc1n(c2=O)Cc2c-1nc1cc(F)c(C)c3c1c2[C@@H](N(C)C(=O)C(OCCC(=O)CNC(=O)[C@@H](CC(=O)CNC(=O)CCC(=O)COCCOCCNC(=O)C1CCC(CC2C(=O)CC(C)C2=O)CC1)Cc1ccccc1)c1ccccc1)CC3. The topological polar surface area (TPSA) is 302 Å². The summed E-state index contributed by atoms with van der Waals surface area (Å²) in [7, 11) is 1.65. The van der Waals surface area contributed by atoms with E-state index in [1.807, 2.05) is 13.0 Å². The number of nitrogens with zero attached hydrogens (tertiary/aromatic N) is 3. The number of carbonyl (C=O) groups excluding carboxylic acids is 10. The average molecular weight is 1310 g/mol. The monoisotopic (exact) mass is 1310 g/mol. The molecule has 5 aliphatic rings. The van der Waals surface area contributed by atoms with Gasteiger partial charge in [0.05, 0.1) is 80.5 Å². The molecule has 2 aromatic heterocycles. The molecule has 4 N–H and O–H groups in total. The summed E-state index contributed by atoms with van der Waals surface area (Å²) in [6.45, 7) is 4.38. The lowest BCUT2D eigenvalue weighted by Crippen LogP contribution is -2.44. The van der Waals surface area contributed by atoms with Crippen molar-refractivity contribution in [3.8, 4) is 11.4 Å². The number of cyclic esters (lactones) is 1. The van der Waals surface area contributed by atoms with Crippen LogP contribution in [0.5, 0.6) is 0 Å². The highest BCUT2D eigenvalue weighted by molar-refractivity contribution is 6.09. The molecule has 504 valence electrons. The Labute approximate surface area is 549 Å². The second kappa shape index (κ2) is 30.9. The van der Waals surface area contributed by atoms with Crippen molar-refractivity contribution in [2.75, 3.05) is 59.7 Å². The summed E-state index contributed by atoms with van der Waals surface area (Å²) in [6, 6.07) is 20.1. The average Bonchev–Trinajstić information content (AvgIpc) is 1.65. The minimum Gasteiger partial charge on any atom is -0.458 e. The third-order valence-electron chi connectivity index (χ3n) is 19.6. The molecular weight excluding hydrogens is 1220 g/mol. The summed E-state index contributed by atoms with van der Waals surface area (Å²) in [5.74, 6) is -5.51. The highest BCUT2D eigenvalue weighted by Gasteiger charge is 2.47. The largest absolute Gasteiger partial charge is 0.458 e. The van der Waals surface area contributed by atoms with Gasteiger partial charge in [0.25, 0.3) is 11.5 Å². The summed E-state index contributed by atoms with van der Waals surface area (Å²) in [4.78, 5) is 152. The van der Waals surface area contributed by atoms with Crippen LogP contribution in [-0.2, 0) is 98.5 Å². The van der Waals surface area contributed by atoms with Crippen LogP contribution in [0.25, 0.3) is 22.3 Å². The first-order valence-electron chi connectivity index (χ1n) is 33.0. The van der Waals surface area contributed by atoms with Gasteiger partial charge in [-0.15, -0.1) is 0 Å². The number of benzene rings is 3. The molecule has 6 atom stereocenters. The van der Waals surface area contributed by atoms with E-state index in [4.69, 9.17) is 23.9 Å². The van der Waals surface area contributed by atoms with Crippen molar-refractivity contribution in [2.45, 2.75) is 142 Å². The molecule has 2 saturated carbocycles. The van der Waals surface area contributed by atoms with Crippen molar-refractivity contribution in [1.82, 2.24) is 30.4 Å². The smallest absolute Gasteiger partial charge is 0.343 e. The fraction of sp³-hybridized carbons (Fsp3) is 0.500. The normalized spacial score (nSPS) is 20.8. The molecule has 95 heavy (non-hydrogen) atoms. The minimum atomic E-state index is -2.07. The van der Waals surface area contributed by atoms with Gasteiger partial charge < -0.3 is 49.5 Å². The number of esters is 1. The lowest BCUT2D eigenvalue weighted by Gasteiger charge is -2.36. The Bertz CT molecular complexity index is 3850. The van der Waals surface area contributed by atoms with Crippen LogP contribution in [0.15, 0.2) is 77.6 Å². The Morgan fingerprint density at radius 2 is 1.54 bits per heavy atom. The predicted octanol–water partition coefficient (Wildman–Crippen LogP) is 6.23. The number of likely N-dealkylation sites (N-methyl/N-ethyl adjacent to an activating group) is 1. The summed E-state index contributed by atoms with van der Waals surface area (Å²) in [5, 5.41) is 20.3. The van der Waals surface area contributed by atoms with Crippen molar-refractivity contribution in [1.29, 1.82) is 0 Å². The molecule has 23 heteroatoms. The van der Waals surface area contributed by atoms with Crippen LogP contribution in [0.3, 0.4) is 0 Å². The van der Waals surface area contributed by atoms with Crippen LogP contribution in [0.4, 0.5) is 4.39 Å². The number of amides is 4. The zero-order valence-electron chi connectivity index (χ0n) is 54.2. The number of carbonyl (C=O) groups is 10. The molecule has 0 bridgehead atoms. The van der Waals surface area contributed by atoms with Crippen LogP contribution in [0.1, 0.15) is 148 Å². The molecule has 3 aromatic carbocycles. The molecule has 4 heterocycles. The summed E-state index contributed by atoms with van der Waals surface area (Å²) >= 11 is 0. The highest BCUT2D eigenvalue weighted by atomic mass is 19.1. The number of fused-ring (bicyclic) bond motifs is 5.